The first-order valence-corrected chi connectivity index (χ1v) is 6.56. The van der Waals surface area contributed by atoms with E-state index >= 15 is 0 Å². The molecule has 0 aliphatic carbocycles. The van der Waals surface area contributed by atoms with Crippen LogP contribution in [0.25, 0.3) is 0 Å². The average molecular weight is 291 g/mol. The number of hydrogen-bond donors (Lipinski definition) is 2. The highest BCUT2D eigenvalue weighted by Gasteiger charge is 2.11. The van der Waals surface area contributed by atoms with E-state index in [4.69, 9.17) is 22.1 Å². The topological polar surface area (TPSA) is 64.4 Å². The van der Waals surface area contributed by atoms with Crippen LogP contribution in [0.15, 0.2) is 48.5 Å². The largest absolute Gasteiger partial charge is 0.492 e. The number of nitrogen functional groups attached to an aromatic ring is 1. The zero-order chi connectivity index (χ0) is 14.4. The van der Waals surface area contributed by atoms with Gasteiger partial charge in [0.15, 0.2) is 0 Å². The minimum atomic E-state index is -0.265. The molecule has 0 heterocycles. The molecule has 4 nitrogen and oxygen atoms in total. The van der Waals surface area contributed by atoms with Crippen molar-refractivity contribution in [2.24, 2.45) is 0 Å². The molecule has 1 amide bonds. The van der Waals surface area contributed by atoms with Gasteiger partial charge in [-0.1, -0.05) is 35.9 Å². The van der Waals surface area contributed by atoms with Gasteiger partial charge in [-0.15, -0.1) is 0 Å². The van der Waals surface area contributed by atoms with Crippen LogP contribution in [0, 0.1) is 0 Å². The summed E-state index contributed by atoms with van der Waals surface area (Å²) >= 11 is 5.98. The van der Waals surface area contributed by atoms with Crippen LogP contribution in [-0.2, 0) is 0 Å². The molecule has 5 heteroatoms. The van der Waals surface area contributed by atoms with Crippen LogP contribution in [0.4, 0.5) is 5.69 Å². The molecule has 0 saturated carbocycles. The molecule has 0 spiro atoms. The van der Waals surface area contributed by atoms with Gasteiger partial charge in [-0.05, 0) is 24.3 Å². The number of ether oxygens (including phenoxy) is 1. The normalized spacial score (nSPS) is 10.1. The summed E-state index contributed by atoms with van der Waals surface area (Å²) in [6.45, 7) is 0.772. The minimum Gasteiger partial charge on any atom is -0.492 e. The smallest absolute Gasteiger partial charge is 0.252 e. The molecule has 3 N–H and O–H groups in total. The van der Waals surface area contributed by atoms with Gasteiger partial charge >= 0.3 is 0 Å². The second-order valence-corrected chi connectivity index (χ2v) is 4.50. The number of carbonyl (C=O) groups is 1. The summed E-state index contributed by atoms with van der Waals surface area (Å²) in [5.41, 5.74) is 6.41. The van der Waals surface area contributed by atoms with Crippen molar-refractivity contribution < 1.29 is 9.53 Å². The molecule has 0 fully saturated rings. The fourth-order valence-corrected chi connectivity index (χ4v) is 1.88. The summed E-state index contributed by atoms with van der Waals surface area (Å²) in [5, 5.41) is 3.01. The Morgan fingerprint density at radius 3 is 2.65 bits per heavy atom. The molecule has 0 aromatic heterocycles. The molecule has 0 saturated heterocycles. The van der Waals surface area contributed by atoms with Crippen LogP contribution in [0.3, 0.4) is 0 Å². The third-order valence-electron chi connectivity index (χ3n) is 2.67. The SMILES string of the molecule is Nc1cccc(C(=O)NCCOc2ccccc2)c1Cl. The van der Waals surface area contributed by atoms with Crippen molar-refractivity contribution >= 4 is 23.2 Å². The molecule has 0 atom stereocenters. The predicted molar refractivity (Wildman–Crippen MR) is 80.1 cm³/mol. The zero-order valence-electron chi connectivity index (χ0n) is 10.8. The molecule has 20 heavy (non-hydrogen) atoms. The highest BCUT2D eigenvalue weighted by Crippen LogP contribution is 2.22. The van der Waals surface area contributed by atoms with Gasteiger partial charge in [-0.3, -0.25) is 4.79 Å². The summed E-state index contributed by atoms with van der Waals surface area (Å²) in [4.78, 5) is 11.9. The van der Waals surface area contributed by atoms with E-state index in [1.165, 1.54) is 0 Å². The monoisotopic (exact) mass is 290 g/mol. The first kappa shape index (κ1) is 14.2. The summed E-state index contributed by atoms with van der Waals surface area (Å²) in [6, 6.07) is 14.4. The van der Waals surface area contributed by atoms with Gasteiger partial charge in [0.25, 0.3) is 5.91 Å². The Morgan fingerprint density at radius 2 is 1.90 bits per heavy atom. The van der Waals surface area contributed by atoms with Crippen molar-refractivity contribution in [3.05, 3.63) is 59.1 Å². The molecule has 0 radical (unpaired) electrons. The number of nitrogens with one attached hydrogen (secondary N) is 1. The lowest BCUT2D eigenvalue weighted by molar-refractivity contribution is 0.0947. The van der Waals surface area contributed by atoms with Crippen LogP contribution in [-0.4, -0.2) is 19.1 Å². The van der Waals surface area contributed by atoms with E-state index < -0.39 is 0 Å². The summed E-state index contributed by atoms with van der Waals surface area (Å²) in [5.74, 6) is 0.502. The van der Waals surface area contributed by atoms with E-state index in [0.29, 0.717) is 24.4 Å². The van der Waals surface area contributed by atoms with E-state index in [1.807, 2.05) is 30.3 Å². The Labute approximate surface area is 122 Å². The third-order valence-corrected chi connectivity index (χ3v) is 3.09. The number of rotatable bonds is 5. The molecule has 104 valence electrons. The minimum absolute atomic E-state index is 0.265. The quantitative estimate of drug-likeness (QED) is 0.657. The van der Waals surface area contributed by atoms with Gasteiger partial charge in [0.1, 0.15) is 12.4 Å². The number of amides is 1. The highest BCUT2D eigenvalue weighted by atomic mass is 35.5. The van der Waals surface area contributed by atoms with Crippen molar-refractivity contribution in [3.8, 4) is 5.75 Å². The van der Waals surface area contributed by atoms with E-state index in [2.05, 4.69) is 5.32 Å². The van der Waals surface area contributed by atoms with Crippen LogP contribution in [0.2, 0.25) is 5.02 Å². The first-order valence-electron chi connectivity index (χ1n) is 6.18. The van der Waals surface area contributed by atoms with Crippen LogP contribution < -0.4 is 15.8 Å². The van der Waals surface area contributed by atoms with Gasteiger partial charge in [0.05, 0.1) is 22.8 Å². The fourth-order valence-electron chi connectivity index (χ4n) is 1.67. The second kappa shape index (κ2) is 6.82. The number of hydrogen-bond acceptors (Lipinski definition) is 3. The average Bonchev–Trinajstić information content (AvgIpc) is 2.47. The lowest BCUT2D eigenvalue weighted by atomic mass is 10.2. The summed E-state index contributed by atoms with van der Waals surface area (Å²) < 4.78 is 5.47. The molecular formula is C15H15ClN2O2. The number of nitrogens with two attached hydrogens (primary N) is 1. The molecule has 0 aliphatic heterocycles. The Hall–Kier alpha value is -2.20. The standard InChI is InChI=1S/C15H15ClN2O2/c16-14-12(7-4-8-13(14)17)15(19)18-9-10-20-11-5-2-1-3-6-11/h1-8H,9-10,17H2,(H,18,19). The number of para-hydroxylation sites is 1. The molecule has 2 aromatic carbocycles. The zero-order valence-corrected chi connectivity index (χ0v) is 11.6. The maximum atomic E-state index is 11.9. The van der Waals surface area contributed by atoms with Gasteiger partial charge in [0.2, 0.25) is 0 Å². The van der Waals surface area contributed by atoms with Gasteiger partial charge in [-0.2, -0.15) is 0 Å². The van der Waals surface area contributed by atoms with Gasteiger partial charge in [0, 0.05) is 0 Å². The van der Waals surface area contributed by atoms with Crippen molar-refractivity contribution in [3.63, 3.8) is 0 Å². The Kier molecular flexibility index (Phi) is 4.85. The lowest BCUT2D eigenvalue weighted by Crippen LogP contribution is -2.28. The van der Waals surface area contributed by atoms with Crippen molar-refractivity contribution in [2.45, 2.75) is 0 Å². The molecular weight excluding hydrogens is 276 g/mol. The number of benzene rings is 2. The van der Waals surface area contributed by atoms with Gasteiger partial charge < -0.3 is 15.8 Å². The maximum absolute atomic E-state index is 11.9. The second-order valence-electron chi connectivity index (χ2n) is 4.13. The summed E-state index contributed by atoms with van der Waals surface area (Å²) in [6.07, 6.45) is 0. The summed E-state index contributed by atoms with van der Waals surface area (Å²) in [7, 11) is 0. The number of halogens is 1. The third kappa shape index (κ3) is 3.65. The molecule has 0 aliphatic rings. The Balaban J connectivity index is 1.82. The molecule has 2 rings (SSSR count). The number of anilines is 1. The Bertz CT molecular complexity index is 588. The lowest BCUT2D eigenvalue weighted by Gasteiger charge is -2.09. The van der Waals surface area contributed by atoms with Crippen LogP contribution in [0.5, 0.6) is 5.75 Å². The first-order chi connectivity index (χ1) is 9.68. The van der Waals surface area contributed by atoms with Crippen molar-refractivity contribution in [1.29, 1.82) is 0 Å². The van der Waals surface area contributed by atoms with E-state index in [1.54, 1.807) is 18.2 Å². The maximum Gasteiger partial charge on any atom is 0.252 e. The van der Waals surface area contributed by atoms with Crippen LogP contribution >= 0.6 is 11.6 Å². The highest BCUT2D eigenvalue weighted by molar-refractivity contribution is 6.36. The predicted octanol–water partition coefficient (Wildman–Crippen LogP) is 2.73. The van der Waals surface area contributed by atoms with E-state index in [-0.39, 0.29) is 10.9 Å². The molecule has 0 bridgehead atoms. The molecule has 2 aromatic rings. The Morgan fingerprint density at radius 1 is 1.15 bits per heavy atom. The van der Waals surface area contributed by atoms with Crippen LogP contribution in [0.1, 0.15) is 10.4 Å². The fraction of sp³-hybridized carbons (Fsp3) is 0.133. The van der Waals surface area contributed by atoms with Gasteiger partial charge in [-0.25, -0.2) is 0 Å². The number of carbonyl (C=O) groups excluding carboxylic acids is 1. The van der Waals surface area contributed by atoms with Crippen molar-refractivity contribution in [1.82, 2.24) is 5.32 Å². The van der Waals surface area contributed by atoms with Crippen molar-refractivity contribution in [2.75, 3.05) is 18.9 Å². The van der Waals surface area contributed by atoms with E-state index in [9.17, 15) is 4.79 Å². The molecule has 0 unspecified atom stereocenters. The van der Waals surface area contributed by atoms with E-state index in [0.717, 1.165) is 5.75 Å².